The zero-order valence-electron chi connectivity index (χ0n) is 20.9. The molecule has 0 aromatic heterocycles. The van der Waals surface area contributed by atoms with E-state index in [1.165, 1.54) is 16.8 Å². The summed E-state index contributed by atoms with van der Waals surface area (Å²) in [5.41, 5.74) is 10.2. The first-order valence-electron chi connectivity index (χ1n) is 13.3. The van der Waals surface area contributed by atoms with Gasteiger partial charge in [0.2, 0.25) is 0 Å². The van der Waals surface area contributed by atoms with Gasteiger partial charge < -0.3 is 20.6 Å². The molecule has 0 aromatic carbocycles. The lowest BCUT2D eigenvalue weighted by Crippen LogP contribution is -2.49. The van der Waals surface area contributed by atoms with Crippen LogP contribution >= 0.6 is 23.2 Å². The Balaban J connectivity index is 1.18. The SMILES string of the molecule is NCCCN1C=C(C2C=CC(O)=CC2)C2CC(CN3CCN(CC4C(Cl)=CC=CC4Cl)CC3)=CC=C21. The molecule has 0 saturated carbocycles. The average molecular weight is 530 g/mol. The molecule has 4 atom stereocenters. The highest BCUT2D eigenvalue weighted by Crippen LogP contribution is 2.44. The minimum atomic E-state index is -0.0227. The fraction of sp³-hybridized carbons (Fsp3) is 0.517. The molecule has 0 bridgehead atoms. The zero-order chi connectivity index (χ0) is 25.1. The Hall–Kier alpha value is -1.76. The molecule has 3 N–H and O–H groups in total. The predicted octanol–water partition coefficient (Wildman–Crippen LogP) is 4.92. The first-order chi connectivity index (χ1) is 17.5. The van der Waals surface area contributed by atoms with Crippen molar-refractivity contribution in [3.63, 3.8) is 0 Å². The van der Waals surface area contributed by atoms with E-state index in [-0.39, 0.29) is 11.3 Å². The molecule has 5 rings (SSSR count). The van der Waals surface area contributed by atoms with Crippen LogP contribution < -0.4 is 5.73 Å². The molecule has 0 radical (unpaired) electrons. The first-order valence-corrected chi connectivity index (χ1v) is 14.1. The Morgan fingerprint density at radius 1 is 1.06 bits per heavy atom. The Kier molecular flexibility index (Phi) is 8.44. The van der Waals surface area contributed by atoms with E-state index in [9.17, 15) is 5.11 Å². The lowest BCUT2D eigenvalue weighted by atomic mass is 9.79. The van der Waals surface area contributed by atoms with Crippen molar-refractivity contribution in [2.24, 2.45) is 23.5 Å². The van der Waals surface area contributed by atoms with Crippen LogP contribution in [0.5, 0.6) is 0 Å². The number of nitrogens with two attached hydrogens (primary N) is 1. The molecule has 0 aromatic rings. The van der Waals surface area contributed by atoms with Crippen LogP contribution in [0.1, 0.15) is 19.3 Å². The van der Waals surface area contributed by atoms with Crippen molar-refractivity contribution >= 4 is 23.2 Å². The van der Waals surface area contributed by atoms with Crippen molar-refractivity contribution < 1.29 is 5.11 Å². The second kappa shape index (κ2) is 11.7. The van der Waals surface area contributed by atoms with Gasteiger partial charge in [-0.05, 0) is 55.7 Å². The van der Waals surface area contributed by atoms with E-state index in [0.717, 1.165) is 70.1 Å². The maximum Gasteiger partial charge on any atom is 0.111 e. The number of piperazine rings is 1. The first kappa shape index (κ1) is 25.9. The van der Waals surface area contributed by atoms with E-state index in [1.807, 2.05) is 30.4 Å². The molecular formula is C29H38Cl2N4O. The largest absolute Gasteiger partial charge is 0.508 e. The average Bonchev–Trinajstić information content (AvgIpc) is 3.24. The molecule has 36 heavy (non-hydrogen) atoms. The summed E-state index contributed by atoms with van der Waals surface area (Å²) >= 11 is 13.0. The number of aliphatic hydroxyl groups is 1. The minimum absolute atomic E-state index is 0.0227. The Morgan fingerprint density at radius 3 is 2.58 bits per heavy atom. The van der Waals surface area contributed by atoms with Gasteiger partial charge in [-0.1, -0.05) is 41.5 Å². The van der Waals surface area contributed by atoms with E-state index in [4.69, 9.17) is 28.9 Å². The standard InChI is InChI=1S/C29H38Cl2N4O/c30-27-3-1-4-28(31)26(27)19-34-15-13-33(14-16-34)18-21-5-10-29-24(17-21)25(20-35(29)12-2-11-32)22-6-8-23(36)9-7-22/h1,3-6,8-10,20,22,24,26-27,36H,2,7,11-19,32H2. The van der Waals surface area contributed by atoms with Gasteiger partial charge in [0.05, 0.1) is 5.38 Å². The monoisotopic (exact) mass is 528 g/mol. The molecule has 2 heterocycles. The summed E-state index contributed by atoms with van der Waals surface area (Å²) in [6.45, 7) is 7.84. The van der Waals surface area contributed by atoms with Crippen LogP contribution in [0.2, 0.25) is 0 Å². The van der Waals surface area contributed by atoms with Crippen LogP contribution in [0.3, 0.4) is 0 Å². The maximum atomic E-state index is 9.81. The number of aliphatic hydroxyl groups excluding tert-OH is 1. The van der Waals surface area contributed by atoms with Crippen molar-refractivity contribution in [2.45, 2.75) is 24.6 Å². The lowest BCUT2D eigenvalue weighted by Gasteiger charge is -2.38. The zero-order valence-corrected chi connectivity index (χ0v) is 22.4. The quantitative estimate of drug-likeness (QED) is 0.438. The number of hydrogen-bond acceptors (Lipinski definition) is 5. The van der Waals surface area contributed by atoms with Crippen LogP contribution in [0, 0.1) is 17.8 Å². The van der Waals surface area contributed by atoms with Crippen molar-refractivity contribution in [1.82, 2.24) is 14.7 Å². The second-order valence-electron chi connectivity index (χ2n) is 10.5. The number of alkyl halides is 1. The topological polar surface area (TPSA) is 56.0 Å². The Morgan fingerprint density at radius 2 is 1.86 bits per heavy atom. The van der Waals surface area contributed by atoms with E-state index in [2.05, 4.69) is 39.1 Å². The fourth-order valence-corrected chi connectivity index (χ4v) is 6.65. The number of halogens is 2. The summed E-state index contributed by atoms with van der Waals surface area (Å²) in [5.74, 6) is 1.33. The van der Waals surface area contributed by atoms with Crippen molar-refractivity contribution in [2.75, 3.05) is 52.4 Å². The number of rotatable bonds is 8. The van der Waals surface area contributed by atoms with E-state index < -0.39 is 0 Å². The molecule has 5 aliphatic rings. The third-order valence-electron chi connectivity index (χ3n) is 8.10. The summed E-state index contributed by atoms with van der Waals surface area (Å²) in [6.07, 6.45) is 21.9. The summed E-state index contributed by atoms with van der Waals surface area (Å²) < 4.78 is 0. The van der Waals surface area contributed by atoms with Gasteiger partial charge in [-0.3, -0.25) is 4.90 Å². The molecule has 0 amide bonds. The number of nitrogens with zero attached hydrogens (tertiary/aromatic N) is 3. The molecule has 1 fully saturated rings. The second-order valence-corrected chi connectivity index (χ2v) is 11.5. The number of fused-ring (bicyclic) bond motifs is 1. The van der Waals surface area contributed by atoms with E-state index in [1.54, 1.807) is 0 Å². The van der Waals surface area contributed by atoms with Gasteiger partial charge >= 0.3 is 0 Å². The number of hydrogen-bond donors (Lipinski definition) is 2. The van der Waals surface area contributed by atoms with Crippen molar-refractivity contribution in [3.8, 4) is 0 Å². The molecule has 0 spiro atoms. The highest BCUT2D eigenvalue weighted by atomic mass is 35.5. The molecule has 2 aliphatic heterocycles. The Bertz CT molecular complexity index is 1030. The molecule has 1 saturated heterocycles. The minimum Gasteiger partial charge on any atom is -0.508 e. The summed E-state index contributed by atoms with van der Waals surface area (Å²) in [7, 11) is 0. The molecule has 3 aliphatic carbocycles. The third kappa shape index (κ3) is 5.87. The lowest BCUT2D eigenvalue weighted by molar-refractivity contribution is 0.129. The van der Waals surface area contributed by atoms with Crippen LogP contribution in [-0.2, 0) is 0 Å². The molecule has 4 unspecified atom stereocenters. The molecule has 5 nitrogen and oxygen atoms in total. The molecule has 194 valence electrons. The maximum absolute atomic E-state index is 9.81. The summed E-state index contributed by atoms with van der Waals surface area (Å²) in [6, 6.07) is 0. The fourth-order valence-electron chi connectivity index (χ4n) is 6.01. The molecular weight excluding hydrogens is 491 g/mol. The van der Waals surface area contributed by atoms with Crippen LogP contribution in [0.4, 0.5) is 0 Å². The summed E-state index contributed by atoms with van der Waals surface area (Å²) in [5, 5.41) is 10.7. The molecule has 7 heteroatoms. The van der Waals surface area contributed by atoms with Crippen LogP contribution in [0.15, 0.2) is 82.4 Å². The van der Waals surface area contributed by atoms with Crippen LogP contribution in [-0.4, -0.2) is 77.5 Å². The predicted molar refractivity (Wildman–Crippen MR) is 150 cm³/mol. The Labute approximate surface area is 225 Å². The van der Waals surface area contributed by atoms with Gasteiger partial charge in [0.1, 0.15) is 5.76 Å². The van der Waals surface area contributed by atoms with Gasteiger partial charge in [-0.25, -0.2) is 0 Å². The summed E-state index contributed by atoms with van der Waals surface area (Å²) in [4.78, 5) is 7.50. The van der Waals surface area contributed by atoms with Gasteiger partial charge in [0, 0.05) is 80.5 Å². The highest BCUT2D eigenvalue weighted by Gasteiger charge is 2.35. The smallest absolute Gasteiger partial charge is 0.111 e. The van der Waals surface area contributed by atoms with E-state index >= 15 is 0 Å². The third-order valence-corrected chi connectivity index (χ3v) is 8.96. The van der Waals surface area contributed by atoms with Gasteiger partial charge in [0.15, 0.2) is 0 Å². The van der Waals surface area contributed by atoms with Crippen molar-refractivity contribution in [3.05, 3.63) is 82.4 Å². The number of allylic oxidation sites excluding steroid dienone is 9. The van der Waals surface area contributed by atoms with Gasteiger partial charge in [0.25, 0.3) is 0 Å². The van der Waals surface area contributed by atoms with Crippen molar-refractivity contribution in [1.29, 1.82) is 0 Å². The van der Waals surface area contributed by atoms with Gasteiger partial charge in [-0.15, -0.1) is 11.6 Å². The van der Waals surface area contributed by atoms with Gasteiger partial charge in [-0.2, -0.15) is 0 Å². The van der Waals surface area contributed by atoms with E-state index in [0.29, 0.717) is 24.1 Å². The van der Waals surface area contributed by atoms with Crippen LogP contribution in [0.25, 0.3) is 0 Å². The highest BCUT2D eigenvalue weighted by molar-refractivity contribution is 6.31. The normalized spacial score (nSPS) is 31.0.